The van der Waals surface area contributed by atoms with Gasteiger partial charge < -0.3 is 9.84 Å². The van der Waals surface area contributed by atoms with Crippen molar-refractivity contribution in [3.63, 3.8) is 0 Å². The average molecular weight is 827 g/mol. The van der Waals surface area contributed by atoms with E-state index >= 15 is 4.79 Å². The summed E-state index contributed by atoms with van der Waals surface area (Å²) >= 11 is 14.4. The summed E-state index contributed by atoms with van der Waals surface area (Å²) in [4.78, 5) is 59.6. The van der Waals surface area contributed by atoms with E-state index in [9.17, 15) is 32.7 Å². The van der Waals surface area contributed by atoms with E-state index in [1.165, 1.54) is 7.11 Å². The Morgan fingerprint density at radius 2 is 1.80 bits per heavy atom. The van der Waals surface area contributed by atoms with Crippen molar-refractivity contribution >= 4 is 75.2 Å². The van der Waals surface area contributed by atoms with Gasteiger partial charge >= 0.3 is 6.18 Å². The molecular formula is C33H24Cl2F3IN4O6. The number of fused-ring (bicyclic) bond motifs is 4. The van der Waals surface area contributed by atoms with Crippen molar-refractivity contribution in [3.05, 3.63) is 90.6 Å². The lowest BCUT2D eigenvalue weighted by Crippen LogP contribution is -2.53. The SMILES string of the molecule is COc1cc(C2C3=CCC4C(=O)NC(=O)C4C3CC3C(=O)N(Nc4ncc(C(F)(F)F)cc4Cl)C(=O)C32c2ccc(Cl)cc2)cc(I)c1O. The van der Waals surface area contributed by atoms with Gasteiger partial charge in [0.15, 0.2) is 17.3 Å². The Morgan fingerprint density at radius 1 is 1.08 bits per heavy atom. The van der Waals surface area contributed by atoms with Crippen molar-refractivity contribution in [2.45, 2.75) is 30.4 Å². The first-order valence-electron chi connectivity index (χ1n) is 14.9. The summed E-state index contributed by atoms with van der Waals surface area (Å²) in [6.07, 6.45) is -2.18. The normalized spacial score (nSPS) is 27.7. The number of aromatic hydroxyl groups is 1. The largest absolute Gasteiger partial charge is 0.504 e. The molecule has 6 atom stereocenters. The van der Waals surface area contributed by atoms with Crippen LogP contribution >= 0.6 is 45.8 Å². The summed E-state index contributed by atoms with van der Waals surface area (Å²) in [5, 5.41) is 13.8. The number of imide groups is 2. The minimum atomic E-state index is -4.74. The standard InChI is InChI=1S/C33H24Cl2F3IN4O6/c1-49-23-9-13(8-22(39)26(23)44)25-17-6-7-18-24(29(46)41-28(18)45)19(17)11-20-30(47)43(31(48)32(20,25)14-2-4-16(34)5-3-14)42-27-21(35)10-15(12-40-27)33(36,37)38/h2-6,8-10,12,18-20,24-25,44H,7,11H2,1H3,(H,40,42)(H,41,45,46). The maximum absolute atomic E-state index is 15.1. The molecule has 0 radical (unpaired) electrons. The van der Waals surface area contributed by atoms with E-state index in [0.717, 1.165) is 0 Å². The number of hydrazine groups is 1. The van der Waals surface area contributed by atoms with Crippen molar-refractivity contribution in [1.82, 2.24) is 15.3 Å². The highest BCUT2D eigenvalue weighted by Crippen LogP contribution is 2.64. The van der Waals surface area contributed by atoms with Crippen LogP contribution in [0.25, 0.3) is 0 Å². The van der Waals surface area contributed by atoms with Crippen LogP contribution in [-0.2, 0) is 30.8 Å². The molecule has 49 heavy (non-hydrogen) atoms. The molecule has 3 aromatic rings. The fourth-order valence-corrected chi connectivity index (χ4v) is 8.94. The van der Waals surface area contributed by atoms with Gasteiger partial charge in [-0.15, -0.1) is 0 Å². The van der Waals surface area contributed by atoms with Gasteiger partial charge in [-0.3, -0.25) is 29.9 Å². The molecule has 1 aromatic heterocycles. The van der Waals surface area contributed by atoms with Gasteiger partial charge in [0.2, 0.25) is 11.8 Å². The molecule has 6 unspecified atom stereocenters. The molecule has 0 bridgehead atoms. The number of hydrogen-bond acceptors (Lipinski definition) is 8. The first-order valence-corrected chi connectivity index (χ1v) is 16.8. The molecule has 2 aromatic carbocycles. The van der Waals surface area contributed by atoms with E-state index in [1.54, 1.807) is 36.4 Å². The molecule has 2 aliphatic heterocycles. The molecule has 16 heteroatoms. The molecule has 1 saturated carbocycles. The van der Waals surface area contributed by atoms with E-state index in [-0.39, 0.29) is 30.2 Å². The maximum atomic E-state index is 15.1. The number of phenols is 1. The lowest BCUT2D eigenvalue weighted by atomic mass is 9.49. The van der Waals surface area contributed by atoms with Gasteiger partial charge in [-0.2, -0.15) is 18.2 Å². The highest BCUT2D eigenvalue weighted by atomic mass is 127. The lowest BCUT2D eigenvalue weighted by Gasteiger charge is -2.50. The third-order valence-electron chi connectivity index (χ3n) is 10.0. The van der Waals surface area contributed by atoms with Crippen molar-refractivity contribution < 1.29 is 42.2 Å². The smallest absolute Gasteiger partial charge is 0.417 e. The van der Waals surface area contributed by atoms with Crippen molar-refractivity contribution in [3.8, 4) is 11.5 Å². The molecule has 3 heterocycles. The number of carbonyl (C=O) groups excluding carboxylic acids is 4. The van der Waals surface area contributed by atoms with Crippen molar-refractivity contribution in [1.29, 1.82) is 0 Å². The van der Waals surface area contributed by atoms with Crippen molar-refractivity contribution in [2.24, 2.45) is 23.7 Å². The maximum Gasteiger partial charge on any atom is 0.417 e. The van der Waals surface area contributed by atoms with E-state index in [2.05, 4.69) is 15.7 Å². The second-order valence-corrected chi connectivity index (χ2v) is 14.3. The number of amides is 4. The predicted octanol–water partition coefficient (Wildman–Crippen LogP) is 6.00. The van der Waals surface area contributed by atoms with Gasteiger partial charge in [-0.1, -0.05) is 47.0 Å². The predicted molar refractivity (Wildman–Crippen MR) is 177 cm³/mol. The van der Waals surface area contributed by atoms with Crippen LogP contribution in [0.2, 0.25) is 10.0 Å². The Bertz CT molecular complexity index is 1990. The topological polar surface area (TPSA) is 138 Å². The summed E-state index contributed by atoms with van der Waals surface area (Å²) in [6, 6.07) is 10.3. The van der Waals surface area contributed by atoms with Gasteiger partial charge in [0.05, 0.1) is 44.4 Å². The van der Waals surface area contributed by atoms with Crippen LogP contribution < -0.4 is 15.5 Å². The molecule has 3 N–H and O–H groups in total. The number of nitrogens with zero attached hydrogens (tertiary/aromatic N) is 2. The number of anilines is 1. The lowest BCUT2D eigenvalue weighted by molar-refractivity contribution is -0.139. The zero-order valence-corrected chi connectivity index (χ0v) is 28.8. The zero-order valence-electron chi connectivity index (χ0n) is 25.1. The van der Waals surface area contributed by atoms with Gasteiger partial charge in [-0.25, -0.2) is 4.98 Å². The molecular weight excluding hydrogens is 803 g/mol. The van der Waals surface area contributed by atoms with Crippen LogP contribution in [0.4, 0.5) is 19.0 Å². The number of phenolic OH excluding ortho intramolecular Hbond substituents is 1. The number of alkyl halides is 3. The van der Waals surface area contributed by atoms with Gasteiger partial charge in [0, 0.05) is 17.1 Å². The average Bonchev–Trinajstić information content (AvgIpc) is 3.46. The summed E-state index contributed by atoms with van der Waals surface area (Å²) in [5.41, 5.74) is 1.27. The molecule has 2 saturated heterocycles. The van der Waals surface area contributed by atoms with Gasteiger partial charge in [0.25, 0.3) is 11.8 Å². The van der Waals surface area contributed by atoms with E-state index in [0.29, 0.717) is 42.6 Å². The zero-order chi connectivity index (χ0) is 35.2. The Balaban J connectivity index is 1.46. The highest BCUT2D eigenvalue weighted by molar-refractivity contribution is 14.1. The van der Waals surface area contributed by atoms with Crippen LogP contribution in [0.5, 0.6) is 11.5 Å². The molecule has 7 rings (SSSR count). The number of hydrogen-bond donors (Lipinski definition) is 3. The number of pyridine rings is 1. The quantitative estimate of drug-likeness (QED) is 0.162. The summed E-state index contributed by atoms with van der Waals surface area (Å²) in [6.45, 7) is 0. The second kappa shape index (κ2) is 11.9. The van der Waals surface area contributed by atoms with Crippen LogP contribution in [0.3, 0.4) is 0 Å². The number of allylic oxidation sites excluding steroid dienone is 2. The number of aromatic nitrogens is 1. The Kier molecular flexibility index (Phi) is 8.14. The molecule has 10 nitrogen and oxygen atoms in total. The van der Waals surface area contributed by atoms with Crippen LogP contribution in [-0.4, -0.2) is 45.8 Å². The van der Waals surface area contributed by atoms with E-state index in [1.807, 2.05) is 28.7 Å². The summed E-state index contributed by atoms with van der Waals surface area (Å²) in [7, 11) is 1.37. The molecule has 0 spiro atoms. The number of ether oxygens (including phenoxy) is 1. The summed E-state index contributed by atoms with van der Waals surface area (Å²) < 4.78 is 46.0. The number of benzene rings is 2. The molecule has 4 aliphatic rings. The highest BCUT2D eigenvalue weighted by Gasteiger charge is 2.70. The number of methoxy groups -OCH3 is 1. The fourth-order valence-electron chi connectivity index (χ4n) is 7.98. The van der Waals surface area contributed by atoms with E-state index in [4.69, 9.17) is 27.9 Å². The Hall–Kier alpha value is -3.89. The second-order valence-electron chi connectivity index (χ2n) is 12.3. The molecule has 2 aliphatic carbocycles. The minimum Gasteiger partial charge on any atom is -0.504 e. The van der Waals surface area contributed by atoms with Crippen LogP contribution in [0.15, 0.2) is 60.3 Å². The monoisotopic (exact) mass is 826 g/mol. The molecule has 254 valence electrons. The van der Waals surface area contributed by atoms with Crippen molar-refractivity contribution in [2.75, 3.05) is 12.5 Å². The van der Waals surface area contributed by atoms with E-state index < -0.39 is 75.4 Å². The minimum absolute atomic E-state index is 0.0178. The third kappa shape index (κ3) is 5.08. The van der Waals surface area contributed by atoms with Gasteiger partial charge in [0.1, 0.15) is 0 Å². The fraction of sp³-hybridized carbons (Fsp3) is 0.303. The van der Waals surface area contributed by atoms with Crippen LogP contribution in [0, 0.1) is 27.2 Å². The first-order chi connectivity index (χ1) is 23.2. The van der Waals surface area contributed by atoms with Gasteiger partial charge in [-0.05, 0) is 82.8 Å². The molecule has 4 amide bonds. The van der Waals surface area contributed by atoms with Crippen LogP contribution in [0.1, 0.15) is 35.4 Å². The number of halogens is 6. The number of rotatable bonds is 5. The Labute approximate surface area is 300 Å². The molecule has 3 fully saturated rings. The Morgan fingerprint density at radius 3 is 2.45 bits per heavy atom. The summed E-state index contributed by atoms with van der Waals surface area (Å²) in [5.74, 6) is -7.06. The number of carbonyl (C=O) groups is 4. The first kappa shape index (κ1) is 33.6. The number of nitrogens with one attached hydrogen (secondary N) is 2. The third-order valence-corrected chi connectivity index (χ3v) is 11.4.